The molecule has 0 spiro atoms. The van der Waals surface area contributed by atoms with Crippen molar-refractivity contribution in [2.24, 2.45) is 5.92 Å². The standard InChI is InChI=1S/C14H21N3O3/c1-10-3-5-14(19,6-4-10)9-16-12-8-15-7-11(17-12)13(18)20-2/h7-8,10,19H,3-6,9H2,1-2H3,(H,16,17). The molecule has 1 aliphatic rings. The van der Waals surface area contributed by atoms with Gasteiger partial charge in [-0.2, -0.15) is 0 Å². The van der Waals surface area contributed by atoms with Gasteiger partial charge in [0.25, 0.3) is 0 Å². The molecule has 1 aromatic rings. The number of aromatic nitrogens is 2. The Balaban J connectivity index is 1.95. The largest absolute Gasteiger partial charge is 0.464 e. The number of carbonyl (C=O) groups excluding carboxylic acids is 1. The topological polar surface area (TPSA) is 84.3 Å². The third kappa shape index (κ3) is 3.66. The summed E-state index contributed by atoms with van der Waals surface area (Å²) in [5, 5.41) is 13.5. The second-order valence-corrected chi connectivity index (χ2v) is 5.54. The average molecular weight is 279 g/mol. The fourth-order valence-corrected chi connectivity index (χ4v) is 2.39. The van der Waals surface area contributed by atoms with Crippen molar-refractivity contribution in [2.75, 3.05) is 19.0 Å². The Kier molecular flexibility index (Phi) is 4.54. The summed E-state index contributed by atoms with van der Waals surface area (Å²) in [6.45, 7) is 2.62. The van der Waals surface area contributed by atoms with E-state index in [9.17, 15) is 9.90 Å². The monoisotopic (exact) mass is 279 g/mol. The molecule has 0 atom stereocenters. The van der Waals surface area contributed by atoms with Crippen molar-refractivity contribution in [1.82, 2.24) is 9.97 Å². The molecule has 110 valence electrons. The lowest BCUT2D eigenvalue weighted by Gasteiger charge is -2.35. The zero-order chi connectivity index (χ0) is 14.6. The van der Waals surface area contributed by atoms with Crippen molar-refractivity contribution in [2.45, 2.75) is 38.2 Å². The van der Waals surface area contributed by atoms with Gasteiger partial charge in [0.15, 0.2) is 5.69 Å². The molecule has 6 nitrogen and oxygen atoms in total. The van der Waals surface area contributed by atoms with Crippen LogP contribution >= 0.6 is 0 Å². The molecular weight excluding hydrogens is 258 g/mol. The second-order valence-electron chi connectivity index (χ2n) is 5.54. The van der Waals surface area contributed by atoms with E-state index in [-0.39, 0.29) is 5.69 Å². The summed E-state index contributed by atoms with van der Waals surface area (Å²) in [5.41, 5.74) is -0.545. The van der Waals surface area contributed by atoms with Crippen LogP contribution in [0, 0.1) is 5.92 Å². The number of aliphatic hydroxyl groups is 1. The summed E-state index contributed by atoms with van der Waals surface area (Å²) in [6.07, 6.45) is 6.52. The van der Waals surface area contributed by atoms with Crippen LogP contribution in [0.2, 0.25) is 0 Å². The molecular formula is C14H21N3O3. The van der Waals surface area contributed by atoms with Crippen molar-refractivity contribution < 1.29 is 14.6 Å². The average Bonchev–Trinajstić information content (AvgIpc) is 2.48. The lowest BCUT2D eigenvalue weighted by atomic mass is 9.79. The van der Waals surface area contributed by atoms with Crippen molar-refractivity contribution in [3.05, 3.63) is 18.1 Å². The molecule has 1 heterocycles. The number of hydrogen-bond acceptors (Lipinski definition) is 6. The predicted octanol–water partition coefficient (Wildman–Crippen LogP) is 1.62. The molecule has 1 saturated carbocycles. The van der Waals surface area contributed by atoms with Gasteiger partial charge in [-0.05, 0) is 31.6 Å². The minimum Gasteiger partial charge on any atom is -0.464 e. The van der Waals surface area contributed by atoms with Crippen LogP contribution in [0.3, 0.4) is 0 Å². The summed E-state index contributed by atoms with van der Waals surface area (Å²) in [7, 11) is 1.30. The lowest BCUT2D eigenvalue weighted by Crippen LogP contribution is -2.40. The van der Waals surface area contributed by atoms with Gasteiger partial charge in [-0.25, -0.2) is 9.78 Å². The molecule has 2 rings (SSSR count). The number of nitrogens with zero attached hydrogens (tertiary/aromatic N) is 2. The van der Waals surface area contributed by atoms with Crippen LogP contribution < -0.4 is 5.32 Å². The van der Waals surface area contributed by atoms with Crippen LogP contribution in [0.15, 0.2) is 12.4 Å². The number of esters is 1. The number of methoxy groups -OCH3 is 1. The first-order valence-electron chi connectivity index (χ1n) is 6.89. The van der Waals surface area contributed by atoms with Crippen molar-refractivity contribution in [1.29, 1.82) is 0 Å². The predicted molar refractivity (Wildman–Crippen MR) is 74.4 cm³/mol. The highest BCUT2D eigenvalue weighted by atomic mass is 16.5. The summed E-state index contributed by atoms with van der Waals surface area (Å²) >= 11 is 0. The molecule has 0 radical (unpaired) electrons. The van der Waals surface area contributed by atoms with Crippen LogP contribution in [0.1, 0.15) is 43.1 Å². The van der Waals surface area contributed by atoms with Gasteiger partial charge in [-0.1, -0.05) is 6.92 Å². The van der Waals surface area contributed by atoms with E-state index < -0.39 is 11.6 Å². The summed E-state index contributed by atoms with van der Waals surface area (Å²) in [6, 6.07) is 0. The van der Waals surface area contributed by atoms with Crippen LogP contribution in [-0.4, -0.2) is 40.3 Å². The number of carbonyl (C=O) groups is 1. The van der Waals surface area contributed by atoms with Gasteiger partial charge in [-0.15, -0.1) is 0 Å². The van der Waals surface area contributed by atoms with E-state index in [4.69, 9.17) is 0 Å². The summed E-state index contributed by atoms with van der Waals surface area (Å²) in [4.78, 5) is 19.4. The third-order valence-corrected chi connectivity index (χ3v) is 3.83. The molecule has 1 aromatic heterocycles. The molecule has 1 fully saturated rings. The zero-order valence-corrected chi connectivity index (χ0v) is 11.9. The molecule has 0 aromatic carbocycles. The van der Waals surface area contributed by atoms with Crippen LogP contribution in [0.25, 0.3) is 0 Å². The van der Waals surface area contributed by atoms with Gasteiger partial charge in [0, 0.05) is 6.54 Å². The number of hydrogen-bond donors (Lipinski definition) is 2. The highest BCUT2D eigenvalue weighted by molar-refractivity contribution is 5.87. The van der Waals surface area contributed by atoms with Crippen molar-refractivity contribution >= 4 is 11.8 Å². The van der Waals surface area contributed by atoms with Gasteiger partial charge >= 0.3 is 5.97 Å². The van der Waals surface area contributed by atoms with Gasteiger partial charge in [0.1, 0.15) is 5.82 Å². The van der Waals surface area contributed by atoms with E-state index >= 15 is 0 Å². The highest BCUT2D eigenvalue weighted by Gasteiger charge is 2.31. The Morgan fingerprint density at radius 1 is 1.50 bits per heavy atom. The molecule has 0 saturated heterocycles. The Labute approximate surface area is 118 Å². The van der Waals surface area contributed by atoms with E-state index in [2.05, 4.69) is 26.9 Å². The maximum Gasteiger partial charge on any atom is 0.358 e. The van der Waals surface area contributed by atoms with E-state index in [1.165, 1.54) is 19.5 Å². The number of nitrogens with one attached hydrogen (secondary N) is 1. The quantitative estimate of drug-likeness (QED) is 0.815. The molecule has 0 aliphatic heterocycles. The molecule has 2 N–H and O–H groups in total. The van der Waals surface area contributed by atoms with Gasteiger partial charge < -0.3 is 15.2 Å². The third-order valence-electron chi connectivity index (χ3n) is 3.83. The summed E-state index contributed by atoms with van der Waals surface area (Å²) < 4.78 is 4.60. The van der Waals surface area contributed by atoms with E-state index in [1.54, 1.807) is 0 Å². The first-order chi connectivity index (χ1) is 9.52. The first kappa shape index (κ1) is 14.7. The van der Waals surface area contributed by atoms with E-state index in [0.717, 1.165) is 25.7 Å². The Bertz CT molecular complexity index is 470. The molecule has 0 unspecified atom stereocenters. The molecule has 20 heavy (non-hydrogen) atoms. The van der Waals surface area contributed by atoms with Crippen molar-refractivity contribution in [3.8, 4) is 0 Å². The van der Waals surface area contributed by atoms with Gasteiger partial charge in [0.2, 0.25) is 0 Å². The maximum absolute atomic E-state index is 11.4. The first-order valence-corrected chi connectivity index (χ1v) is 6.89. The molecule has 0 amide bonds. The fraction of sp³-hybridized carbons (Fsp3) is 0.643. The SMILES string of the molecule is COC(=O)c1cncc(NCC2(O)CCC(C)CC2)n1. The minimum atomic E-state index is -0.699. The highest BCUT2D eigenvalue weighted by Crippen LogP contribution is 2.31. The zero-order valence-electron chi connectivity index (χ0n) is 11.9. The normalized spacial score (nSPS) is 26.1. The number of ether oxygens (including phenoxy) is 1. The van der Waals surface area contributed by atoms with Crippen LogP contribution in [0.5, 0.6) is 0 Å². The van der Waals surface area contributed by atoms with Crippen LogP contribution in [-0.2, 0) is 4.74 Å². The van der Waals surface area contributed by atoms with Crippen LogP contribution in [0.4, 0.5) is 5.82 Å². The van der Waals surface area contributed by atoms with Crippen molar-refractivity contribution in [3.63, 3.8) is 0 Å². The number of rotatable bonds is 4. The summed E-state index contributed by atoms with van der Waals surface area (Å²) in [5.74, 6) is 0.629. The molecule has 0 bridgehead atoms. The van der Waals surface area contributed by atoms with Gasteiger partial charge in [0.05, 0.1) is 25.1 Å². The molecule has 6 heteroatoms. The fourth-order valence-electron chi connectivity index (χ4n) is 2.39. The maximum atomic E-state index is 11.4. The Hall–Kier alpha value is -1.69. The lowest BCUT2D eigenvalue weighted by molar-refractivity contribution is 0.00494. The van der Waals surface area contributed by atoms with E-state index in [1.807, 2.05) is 0 Å². The Morgan fingerprint density at radius 3 is 2.85 bits per heavy atom. The van der Waals surface area contributed by atoms with Gasteiger partial charge in [-0.3, -0.25) is 4.98 Å². The number of anilines is 1. The van der Waals surface area contributed by atoms with E-state index in [0.29, 0.717) is 18.3 Å². The second kappa shape index (κ2) is 6.17. The molecule has 1 aliphatic carbocycles. The smallest absolute Gasteiger partial charge is 0.358 e. The Morgan fingerprint density at radius 2 is 2.20 bits per heavy atom. The minimum absolute atomic E-state index is 0.154.